The molecule has 1 atom stereocenters. The second-order valence-corrected chi connectivity index (χ2v) is 5.90. The number of benzene rings is 1. The predicted octanol–water partition coefficient (Wildman–Crippen LogP) is 0.0630. The number of rotatable bonds is 5. The Hall–Kier alpha value is -2.77. The van der Waals surface area contributed by atoms with E-state index in [9.17, 15) is 14.4 Å². The first-order valence-corrected chi connectivity index (χ1v) is 8.33. The topological polar surface area (TPSA) is 97.0 Å². The molecule has 1 aromatic rings. The maximum Gasteiger partial charge on any atom is 0.239 e. The summed E-state index contributed by atoms with van der Waals surface area (Å²) in [4.78, 5) is 37.5. The molecular weight excluding hydrogens is 326 g/mol. The standard InChI is InChI=1S/C17H21N3O5/c1-2-18-15(21)9-19-17(23)11-7-16(22)20(10-11)12-3-4-13-14(8-12)25-6-5-24-13/h3-4,8,11H,2,5-7,9-10H2,1H3,(H,18,21)(H,19,23). The summed E-state index contributed by atoms with van der Waals surface area (Å²) in [6, 6.07) is 5.29. The lowest BCUT2D eigenvalue weighted by atomic mass is 10.1. The van der Waals surface area contributed by atoms with Crippen LogP contribution in [-0.2, 0) is 14.4 Å². The normalized spacial score (nSPS) is 18.8. The molecule has 8 nitrogen and oxygen atoms in total. The van der Waals surface area contributed by atoms with Gasteiger partial charge in [-0.2, -0.15) is 0 Å². The zero-order valence-electron chi connectivity index (χ0n) is 14.0. The average Bonchev–Trinajstić information content (AvgIpc) is 3.01. The number of anilines is 1. The van der Waals surface area contributed by atoms with Gasteiger partial charge >= 0.3 is 0 Å². The Balaban J connectivity index is 1.62. The first-order chi connectivity index (χ1) is 12.1. The fourth-order valence-electron chi connectivity index (χ4n) is 2.90. The van der Waals surface area contributed by atoms with E-state index in [1.807, 2.05) is 0 Å². The van der Waals surface area contributed by atoms with Gasteiger partial charge in [0, 0.05) is 31.3 Å². The molecule has 1 fully saturated rings. The third kappa shape index (κ3) is 3.84. The number of ether oxygens (including phenoxy) is 2. The van der Waals surface area contributed by atoms with Crippen LogP contribution in [0.2, 0.25) is 0 Å². The van der Waals surface area contributed by atoms with Gasteiger partial charge in [-0.1, -0.05) is 0 Å². The Labute approximate surface area is 145 Å². The van der Waals surface area contributed by atoms with Gasteiger partial charge in [-0.3, -0.25) is 14.4 Å². The molecular formula is C17H21N3O5. The molecule has 0 bridgehead atoms. The fourth-order valence-corrected chi connectivity index (χ4v) is 2.90. The van der Waals surface area contributed by atoms with Crippen molar-refractivity contribution in [2.75, 3.05) is 37.7 Å². The summed E-state index contributed by atoms with van der Waals surface area (Å²) in [5, 5.41) is 5.18. The van der Waals surface area contributed by atoms with Crippen LogP contribution in [0.15, 0.2) is 18.2 Å². The van der Waals surface area contributed by atoms with E-state index < -0.39 is 5.92 Å². The van der Waals surface area contributed by atoms with Crippen molar-refractivity contribution < 1.29 is 23.9 Å². The summed E-state index contributed by atoms with van der Waals surface area (Å²) in [5.41, 5.74) is 0.674. The summed E-state index contributed by atoms with van der Waals surface area (Å²) < 4.78 is 11.0. The van der Waals surface area contributed by atoms with Crippen LogP contribution in [0.5, 0.6) is 11.5 Å². The van der Waals surface area contributed by atoms with Gasteiger partial charge in [0.05, 0.1) is 12.5 Å². The minimum Gasteiger partial charge on any atom is -0.486 e. The van der Waals surface area contributed by atoms with E-state index in [1.165, 1.54) is 0 Å². The average molecular weight is 347 g/mol. The first-order valence-electron chi connectivity index (χ1n) is 8.33. The highest BCUT2D eigenvalue weighted by Crippen LogP contribution is 2.35. The number of nitrogens with zero attached hydrogens (tertiary/aromatic N) is 1. The third-order valence-corrected chi connectivity index (χ3v) is 4.13. The van der Waals surface area contributed by atoms with Crippen LogP contribution >= 0.6 is 0 Å². The number of hydrogen-bond acceptors (Lipinski definition) is 5. The van der Waals surface area contributed by atoms with Gasteiger partial charge in [0.15, 0.2) is 11.5 Å². The van der Waals surface area contributed by atoms with E-state index in [0.29, 0.717) is 36.9 Å². The Morgan fingerprint density at radius 3 is 2.72 bits per heavy atom. The Bertz CT molecular complexity index is 691. The van der Waals surface area contributed by atoms with Crippen molar-refractivity contribution in [1.29, 1.82) is 0 Å². The summed E-state index contributed by atoms with van der Waals surface area (Å²) in [5.74, 6) is 0.104. The lowest BCUT2D eigenvalue weighted by molar-refractivity contribution is -0.128. The number of carbonyl (C=O) groups excluding carboxylic acids is 3. The van der Waals surface area contributed by atoms with Crippen molar-refractivity contribution in [2.24, 2.45) is 5.92 Å². The van der Waals surface area contributed by atoms with Crippen LogP contribution in [0, 0.1) is 5.92 Å². The van der Waals surface area contributed by atoms with Crippen LogP contribution in [0.1, 0.15) is 13.3 Å². The van der Waals surface area contributed by atoms with Gasteiger partial charge in [-0.15, -0.1) is 0 Å². The SMILES string of the molecule is CCNC(=O)CNC(=O)C1CC(=O)N(c2ccc3c(c2)OCCO3)C1. The summed E-state index contributed by atoms with van der Waals surface area (Å²) >= 11 is 0. The maximum atomic E-state index is 12.3. The zero-order chi connectivity index (χ0) is 17.8. The lowest BCUT2D eigenvalue weighted by Gasteiger charge is -2.22. The second-order valence-electron chi connectivity index (χ2n) is 5.90. The van der Waals surface area contributed by atoms with Crippen LogP contribution in [0.4, 0.5) is 5.69 Å². The molecule has 2 N–H and O–H groups in total. The lowest BCUT2D eigenvalue weighted by Crippen LogP contribution is -2.40. The van der Waals surface area contributed by atoms with Gasteiger partial charge in [0.1, 0.15) is 13.2 Å². The Kier molecular flexibility index (Phi) is 5.06. The van der Waals surface area contributed by atoms with Gasteiger partial charge in [0.25, 0.3) is 0 Å². The molecule has 1 saturated heterocycles. The molecule has 3 rings (SSSR count). The van der Waals surface area contributed by atoms with Gasteiger partial charge in [0.2, 0.25) is 17.7 Å². The molecule has 0 aliphatic carbocycles. The van der Waals surface area contributed by atoms with E-state index in [-0.39, 0.29) is 37.2 Å². The second kappa shape index (κ2) is 7.42. The molecule has 1 aromatic carbocycles. The summed E-state index contributed by atoms with van der Waals surface area (Å²) in [6.07, 6.45) is 0.121. The smallest absolute Gasteiger partial charge is 0.239 e. The van der Waals surface area contributed by atoms with Crippen LogP contribution in [0.3, 0.4) is 0 Å². The fraction of sp³-hybridized carbons (Fsp3) is 0.471. The number of hydrogen-bond donors (Lipinski definition) is 2. The molecule has 2 heterocycles. The van der Waals surface area contributed by atoms with Crippen LogP contribution in [-0.4, -0.2) is 50.6 Å². The number of fused-ring (bicyclic) bond motifs is 1. The highest BCUT2D eigenvalue weighted by molar-refractivity contribution is 6.01. The molecule has 2 aliphatic heterocycles. The van der Waals surface area contributed by atoms with E-state index >= 15 is 0 Å². The summed E-state index contributed by atoms with van der Waals surface area (Å²) in [7, 11) is 0. The number of carbonyl (C=O) groups is 3. The highest BCUT2D eigenvalue weighted by Gasteiger charge is 2.35. The van der Waals surface area contributed by atoms with E-state index in [4.69, 9.17) is 9.47 Å². The quantitative estimate of drug-likeness (QED) is 0.785. The Morgan fingerprint density at radius 2 is 1.96 bits per heavy atom. The highest BCUT2D eigenvalue weighted by atomic mass is 16.6. The van der Waals surface area contributed by atoms with Crippen molar-refractivity contribution >= 4 is 23.4 Å². The van der Waals surface area contributed by atoms with Gasteiger partial charge < -0.3 is 25.0 Å². The maximum absolute atomic E-state index is 12.3. The van der Waals surface area contributed by atoms with Crippen LogP contribution < -0.4 is 25.0 Å². The molecule has 0 saturated carbocycles. The molecule has 0 radical (unpaired) electrons. The first kappa shape index (κ1) is 17.1. The Morgan fingerprint density at radius 1 is 1.20 bits per heavy atom. The molecule has 25 heavy (non-hydrogen) atoms. The predicted molar refractivity (Wildman–Crippen MR) is 89.6 cm³/mol. The molecule has 0 aromatic heterocycles. The number of amides is 3. The third-order valence-electron chi connectivity index (χ3n) is 4.13. The van der Waals surface area contributed by atoms with Crippen molar-refractivity contribution in [2.45, 2.75) is 13.3 Å². The molecule has 134 valence electrons. The van der Waals surface area contributed by atoms with E-state index in [1.54, 1.807) is 30.0 Å². The molecule has 2 aliphatic rings. The van der Waals surface area contributed by atoms with Crippen molar-refractivity contribution in [3.63, 3.8) is 0 Å². The zero-order valence-corrected chi connectivity index (χ0v) is 14.0. The number of nitrogens with one attached hydrogen (secondary N) is 2. The molecule has 0 spiro atoms. The van der Waals surface area contributed by atoms with Crippen molar-refractivity contribution in [1.82, 2.24) is 10.6 Å². The minimum absolute atomic E-state index is 0.0820. The molecule has 3 amide bonds. The van der Waals surface area contributed by atoms with Crippen molar-refractivity contribution in [3.8, 4) is 11.5 Å². The van der Waals surface area contributed by atoms with E-state index in [2.05, 4.69) is 10.6 Å². The largest absolute Gasteiger partial charge is 0.486 e. The summed E-state index contributed by atoms with van der Waals surface area (Å²) in [6.45, 7) is 3.48. The van der Waals surface area contributed by atoms with E-state index in [0.717, 1.165) is 0 Å². The molecule has 8 heteroatoms. The molecule has 1 unspecified atom stereocenters. The van der Waals surface area contributed by atoms with Crippen LogP contribution in [0.25, 0.3) is 0 Å². The monoisotopic (exact) mass is 347 g/mol. The van der Waals surface area contributed by atoms with Gasteiger partial charge in [-0.25, -0.2) is 0 Å². The van der Waals surface area contributed by atoms with Crippen molar-refractivity contribution in [3.05, 3.63) is 18.2 Å². The number of likely N-dealkylation sites (N-methyl/N-ethyl adjacent to an activating group) is 1. The van der Waals surface area contributed by atoms with Gasteiger partial charge in [-0.05, 0) is 19.1 Å². The minimum atomic E-state index is -0.477.